The van der Waals surface area contributed by atoms with Crippen molar-refractivity contribution in [2.45, 2.75) is 51.4 Å². The van der Waals surface area contributed by atoms with Gasteiger partial charge in [0.1, 0.15) is 22.9 Å². The van der Waals surface area contributed by atoms with E-state index in [4.69, 9.17) is 9.57 Å². The Kier molecular flexibility index (Phi) is 9.11. The van der Waals surface area contributed by atoms with Gasteiger partial charge in [0, 0.05) is 5.38 Å². The molecule has 3 aromatic carbocycles. The molecule has 1 N–H and O–H groups in total. The molecule has 4 rings (SSSR count). The van der Waals surface area contributed by atoms with Crippen LogP contribution in [0.5, 0.6) is 0 Å². The molecule has 0 amide bonds. The van der Waals surface area contributed by atoms with Crippen molar-refractivity contribution < 1.29 is 19.2 Å². The lowest BCUT2D eigenvalue weighted by molar-refractivity contribution is -0.157. The van der Waals surface area contributed by atoms with E-state index < -0.39 is 23.2 Å². The van der Waals surface area contributed by atoms with E-state index in [-0.39, 0.29) is 12.1 Å². The van der Waals surface area contributed by atoms with Crippen LogP contribution in [0.3, 0.4) is 0 Å². The maximum Gasteiger partial charge on any atom is 0.310 e. The van der Waals surface area contributed by atoms with Crippen LogP contribution in [0.15, 0.2) is 102 Å². The second-order valence-corrected chi connectivity index (χ2v) is 11.1. The van der Waals surface area contributed by atoms with Gasteiger partial charge in [0.25, 0.3) is 6.29 Å². The molecule has 1 unspecified atom stereocenters. The first-order valence-electron chi connectivity index (χ1n) is 13.0. The minimum absolute atomic E-state index is 0.00940. The summed E-state index contributed by atoms with van der Waals surface area (Å²) in [5.74, 6) is -0.411. The monoisotopic (exact) mass is 554 g/mol. The Morgan fingerprint density at radius 3 is 1.88 bits per heavy atom. The lowest BCUT2D eigenvalue weighted by atomic mass is 9.77. The minimum Gasteiger partial charge on any atom is -0.460 e. The van der Waals surface area contributed by atoms with Crippen LogP contribution in [-0.4, -0.2) is 34.7 Å². The summed E-state index contributed by atoms with van der Waals surface area (Å²) in [5, 5.41) is 9.92. The first-order valence-corrected chi connectivity index (χ1v) is 13.8. The number of nitrogens with one attached hydrogen (secondary N) is 1. The normalized spacial score (nSPS) is 12.8. The summed E-state index contributed by atoms with van der Waals surface area (Å²) in [6.45, 7) is 7.07. The number of anilines is 1. The molecular weight excluding hydrogens is 522 g/mol. The van der Waals surface area contributed by atoms with Gasteiger partial charge in [-0.05, 0) is 44.4 Å². The molecule has 0 fully saturated rings. The third-order valence-electron chi connectivity index (χ3n) is 5.96. The fourth-order valence-electron chi connectivity index (χ4n) is 4.30. The molecule has 205 valence electrons. The molecule has 7 nitrogen and oxygen atoms in total. The van der Waals surface area contributed by atoms with E-state index in [9.17, 15) is 9.59 Å². The number of hydrogen-bond donors (Lipinski definition) is 1. The average Bonchev–Trinajstić information content (AvgIpc) is 3.40. The van der Waals surface area contributed by atoms with Crippen molar-refractivity contribution in [2.24, 2.45) is 5.16 Å². The molecule has 40 heavy (non-hydrogen) atoms. The maximum atomic E-state index is 12.1. The number of oxime groups is 1. The zero-order valence-corrected chi connectivity index (χ0v) is 23.8. The van der Waals surface area contributed by atoms with Gasteiger partial charge >= 0.3 is 5.97 Å². The number of carbonyl (C=O) groups excluding carboxylic acids is 2. The summed E-state index contributed by atoms with van der Waals surface area (Å²) < 4.78 is 5.32. The van der Waals surface area contributed by atoms with Crippen molar-refractivity contribution in [3.05, 3.63) is 119 Å². The number of benzene rings is 3. The lowest BCUT2D eigenvalue weighted by Gasteiger charge is -2.36. The standard InChI is InChI=1S/C32H32N3O4S/c1-23(20-29(37)38-31(2,3)4)39-35-27(21-36)28-22-40-30(33-28)34-32(24-14-8-5-9-15-24,25-16-10-6-11-17-25)26-18-12-7-13-19-26/h5-19,22-23H,20H2,1-4H3,(H,33,34). The Labute approximate surface area is 238 Å². The first-order chi connectivity index (χ1) is 19.2. The Morgan fingerprint density at radius 1 is 0.925 bits per heavy atom. The molecule has 0 bridgehead atoms. The number of rotatable bonds is 11. The number of carbonyl (C=O) groups is 1. The van der Waals surface area contributed by atoms with Gasteiger partial charge in [0.05, 0.1) is 6.42 Å². The van der Waals surface area contributed by atoms with E-state index in [1.807, 2.05) is 60.9 Å². The Morgan fingerprint density at radius 2 is 1.43 bits per heavy atom. The topological polar surface area (TPSA) is 89.9 Å². The van der Waals surface area contributed by atoms with Crippen LogP contribution in [0.25, 0.3) is 0 Å². The fraction of sp³-hybridized carbons (Fsp3) is 0.250. The molecule has 0 aliphatic rings. The van der Waals surface area contributed by atoms with Crippen molar-refractivity contribution in [1.29, 1.82) is 0 Å². The van der Waals surface area contributed by atoms with E-state index in [0.29, 0.717) is 10.8 Å². The van der Waals surface area contributed by atoms with Crippen LogP contribution in [0, 0.1) is 0 Å². The molecule has 0 saturated carbocycles. The van der Waals surface area contributed by atoms with Gasteiger partial charge in [-0.25, -0.2) is 4.98 Å². The third-order valence-corrected chi connectivity index (χ3v) is 6.71. The molecule has 1 heterocycles. The van der Waals surface area contributed by atoms with E-state index in [2.05, 4.69) is 51.9 Å². The Balaban J connectivity index is 1.64. The first kappa shape index (κ1) is 28.7. The highest BCUT2D eigenvalue weighted by atomic mass is 32.1. The summed E-state index contributed by atoms with van der Waals surface area (Å²) >= 11 is 1.34. The molecule has 0 saturated heterocycles. The number of ether oxygens (including phenoxy) is 1. The van der Waals surface area contributed by atoms with Crippen LogP contribution < -0.4 is 5.32 Å². The fourth-order valence-corrected chi connectivity index (χ4v) is 5.05. The summed E-state index contributed by atoms with van der Waals surface area (Å²) in [6, 6.07) is 30.5. The average molecular weight is 555 g/mol. The second kappa shape index (κ2) is 12.7. The van der Waals surface area contributed by atoms with Crippen LogP contribution >= 0.6 is 11.3 Å². The largest absolute Gasteiger partial charge is 0.460 e. The molecule has 1 atom stereocenters. The van der Waals surface area contributed by atoms with Crippen LogP contribution in [0.2, 0.25) is 0 Å². The molecule has 4 aromatic rings. The smallest absolute Gasteiger partial charge is 0.310 e. The molecule has 0 aliphatic heterocycles. The lowest BCUT2D eigenvalue weighted by Crippen LogP contribution is -2.38. The van der Waals surface area contributed by atoms with Crippen molar-refractivity contribution in [3.8, 4) is 0 Å². The number of aromatic nitrogens is 1. The maximum absolute atomic E-state index is 12.1. The molecule has 1 radical (unpaired) electrons. The summed E-state index contributed by atoms with van der Waals surface area (Å²) in [6.07, 6.45) is 1.20. The van der Waals surface area contributed by atoms with Gasteiger partial charge in [-0.1, -0.05) is 96.2 Å². The van der Waals surface area contributed by atoms with Crippen molar-refractivity contribution >= 4 is 34.4 Å². The van der Waals surface area contributed by atoms with Gasteiger partial charge in [0.2, 0.25) is 0 Å². The zero-order chi connectivity index (χ0) is 28.6. The number of nitrogens with zero attached hydrogens (tertiary/aromatic N) is 2. The van der Waals surface area contributed by atoms with E-state index in [1.54, 1.807) is 33.1 Å². The molecule has 0 aliphatic carbocycles. The predicted octanol–water partition coefficient (Wildman–Crippen LogP) is 6.50. The van der Waals surface area contributed by atoms with Crippen molar-refractivity contribution in [2.75, 3.05) is 5.32 Å². The predicted molar refractivity (Wildman–Crippen MR) is 158 cm³/mol. The van der Waals surface area contributed by atoms with Gasteiger partial charge in [0.15, 0.2) is 10.8 Å². The SMILES string of the molecule is CC(CC(=O)OC(C)(C)C)ON=C([C]=O)c1csc(NC(c2ccccc2)(c2ccccc2)c2ccccc2)n1. The van der Waals surface area contributed by atoms with Crippen LogP contribution in [-0.2, 0) is 24.7 Å². The summed E-state index contributed by atoms with van der Waals surface area (Å²) in [5.41, 5.74) is 1.94. The van der Waals surface area contributed by atoms with Crippen molar-refractivity contribution in [1.82, 2.24) is 4.98 Å². The number of thiazole rings is 1. The zero-order valence-electron chi connectivity index (χ0n) is 23.0. The summed E-state index contributed by atoms with van der Waals surface area (Å²) in [7, 11) is 0. The van der Waals surface area contributed by atoms with Gasteiger partial charge in [-0.2, -0.15) is 0 Å². The Hall–Kier alpha value is -4.30. The Bertz CT molecular complexity index is 1330. The molecule has 1 aromatic heterocycles. The molecular formula is C32H32N3O4S. The van der Waals surface area contributed by atoms with Gasteiger partial charge in [-0.15, -0.1) is 11.3 Å². The molecule has 8 heteroatoms. The minimum atomic E-state index is -0.764. The van der Waals surface area contributed by atoms with Gasteiger partial charge in [-0.3, -0.25) is 9.59 Å². The quantitative estimate of drug-likeness (QED) is 0.0986. The van der Waals surface area contributed by atoms with Crippen LogP contribution in [0.4, 0.5) is 5.13 Å². The van der Waals surface area contributed by atoms with E-state index in [0.717, 1.165) is 16.7 Å². The summed E-state index contributed by atoms with van der Waals surface area (Å²) in [4.78, 5) is 34.0. The highest BCUT2D eigenvalue weighted by molar-refractivity contribution is 7.14. The van der Waals surface area contributed by atoms with E-state index in [1.165, 1.54) is 11.3 Å². The number of esters is 1. The number of hydrogen-bond acceptors (Lipinski definition) is 8. The third kappa shape index (κ3) is 7.01. The molecule has 0 spiro atoms. The van der Waals surface area contributed by atoms with Crippen molar-refractivity contribution in [3.63, 3.8) is 0 Å². The highest BCUT2D eigenvalue weighted by Crippen LogP contribution is 2.40. The van der Waals surface area contributed by atoms with E-state index >= 15 is 0 Å². The second-order valence-electron chi connectivity index (χ2n) is 10.3. The van der Waals surface area contributed by atoms with Gasteiger partial charge < -0.3 is 14.9 Å². The van der Waals surface area contributed by atoms with Crippen LogP contribution in [0.1, 0.15) is 56.5 Å². The highest BCUT2D eigenvalue weighted by Gasteiger charge is 2.37.